The largest absolute Gasteiger partial charge is 0.337 e. The molecule has 0 bridgehead atoms. The lowest BCUT2D eigenvalue weighted by atomic mass is 10.1. The highest BCUT2D eigenvalue weighted by atomic mass is 32.2. The van der Waals surface area contributed by atoms with Crippen LogP contribution in [0.3, 0.4) is 0 Å². The van der Waals surface area contributed by atoms with Crippen molar-refractivity contribution in [2.24, 2.45) is 5.92 Å². The molecule has 1 aromatic heterocycles. The monoisotopic (exact) mass is 288 g/mol. The summed E-state index contributed by atoms with van der Waals surface area (Å²) < 4.78 is 2.14. The number of thioether (sulfide) groups is 1. The van der Waals surface area contributed by atoms with Crippen LogP contribution in [0.2, 0.25) is 0 Å². The molecule has 2 nitrogen and oxygen atoms in total. The number of rotatable bonds is 8. The topological polar surface area (TPSA) is 17.8 Å². The van der Waals surface area contributed by atoms with Gasteiger partial charge in [-0.1, -0.05) is 26.0 Å². The van der Waals surface area contributed by atoms with Gasteiger partial charge in [0, 0.05) is 23.8 Å². The van der Waals surface area contributed by atoms with E-state index in [1.807, 2.05) is 30.5 Å². The average Bonchev–Trinajstić information content (AvgIpc) is 2.93. The number of nitrogens with zero attached hydrogens (tertiary/aromatic N) is 2. The molecular weight excluding hydrogens is 264 g/mol. The first-order chi connectivity index (χ1) is 9.74. The second-order valence-electron chi connectivity index (χ2n) is 5.58. The molecule has 2 rings (SSSR count). The molecule has 0 fully saturated rings. The van der Waals surface area contributed by atoms with Crippen LogP contribution in [0, 0.1) is 5.92 Å². The molecule has 0 spiro atoms. The Bertz CT molecular complexity index is 474. The van der Waals surface area contributed by atoms with Gasteiger partial charge in [-0.05, 0) is 48.6 Å². The van der Waals surface area contributed by atoms with Gasteiger partial charge in [-0.25, -0.2) is 4.98 Å². The summed E-state index contributed by atoms with van der Waals surface area (Å²) in [5.41, 5.74) is 1.43. The van der Waals surface area contributed by atoms with Crippen LogP contribution in [0.1, 0.15) is 32.3 Å². The van der Waals surface area contributed by atoms with Gasteiger partial charge in [-0.15, -0.1) is 11.8 Å². The molecule has 0 atom stereocenters. The van der Waals surface area contributed by atoms with Crippen LogP contribution >= 0.6 is 11.8 Å². The fourth-order valence-corrected chi connectivity index (χ4v) is 3.20. The van der Waals surface area contributed by atoms with E-state index >= 15 is 0 Å². The first kappa shape index (κ1) is 15.2. The van der Waals surface area contributed by atoms with Crippen LogP contribution in [0.4, 0.5) is 0 Å². The molecular formula is C17H24N2S. The van der Waals surface area contributed by atoms with Gasteiger partial charge >= 0.3 is 0 Å². The molecule has 0 saturated heterocycles. The predicted molar refractivity (Wildman–Crippen MR) is 87.2 cm³/mol. The maximum absolute atomic E-state index is 4.06. The first-order valence-corrected chi connectivity index (χ1v) is 8.40. The molecule has 0 N–H and O–H groups in total. The van der Waals surface area contributed by atoms with E-state index in [1.165, 1.54) is 22.6 Å². The maximum atomic E-state index is 4.06. The molecule has 0 aliphatic carbocycles. The summed E-state index contributed by atoms with van der Waals surface area (Å²) in [6.07, 6.45) is 9.33. The highest BCUT2D eigenvalue weighted by Crippen LogP contribution is 2.21. The molecule has 0 saturated carbocycles. The van der Waals surface area contributed by atoms with E-state index in [2.05, 4.69) is 47.7 Å². The molecule has 0 amide bonds. The molecule has 1 aromatic carbocycles. The first-order valence-electron chi connectivity index (χ1n) is 7.41. The smallest absolute Gasteiger partial charge is 0.0945 e. The van der Waals surface area contributed by atoms with Crippen LogP contribution in [0.25, 0.3) is 0 Å². The summed E-state index contributed by atoms with van der Waals surface area (Å²) in [6, 6.07) is 9.06. The fourth-order valence-electron chi connectivity index (χ4n) is 2.05. The van der Waals surface area contributed by atoms with Crippen molar-refractivity contribution in [3.8, 4) is 0 Å². The summed E-state index contributed by atoms with van der Waals surface area (Å²) in [5, 5.41) is 0. The van der Waals surface area contributed by atoms with Crippen molar-refractivity contribution in [1.82, 2.24) is 9.55 Å². The zero-order valence-corrected chi connectivity index (χ0v) is 13.3. The number of hydrogen-bond donors (Lipinski definition) is 0. The molecule has 1 heterocycles. The second kappa shape index (κ2) is 8.15. The average molecular weight is 288 g/mol. The molecule has 20 heavy (non-hydrogen) atoms. The molecule has 0 unspecified atom stereocenters. The van der Waals surface area contributed by atoms with Gasteiger partial charge in [0.25, 0.3) is 0 Å². The summed E-state index contributed by atoms with van der Waals surface area (Å²) in [5.74, 6) is 2.02. The Balaban J connectivity index is 1.71. The minimum atomic E-state index is 0.796. The minimum absolute atomic E-state index is 0.796. The highest BCUT2D eigenvalue weighted by Gasteiger charge is 1.99. The van der Waals surface area contributed by atoms with Crippen LogP contribution in [0.5, 0.6) is 0 Å². The SMILES string of the molecule is CC(C)CCSc1ccc(CCCn2ccnc2)cc1. The minimum Gasteiger partial charge on any atom is -0.337 e. The van der Waals surface area contributed by atoms with E-state index in [4.69, 9.17) is 0 Å². The Hall–Kier alpha value is -1.22. The molecule has 0 radical (unpaired) electrons. The van der Waals surface area contributed by atoms with Gasteiger partial charge in [0.2, 0.25) is 0 Å². The van der Waals surface area contributed by atoms with Crippen molar-refractivity contribution in [2.75, 3.05) is 5.75 Å². The Morgan fingerprint density at radius 2 is 2.00 bits per heavy atom. The standard InChI is InChI=1S/C17H24N2S/c1-15(2)9-13-20-17-7-5-16(6-8-17)4-3-11-19-12-10-18-14-19/h5-8,10,12,14-15H,3-4,9,11,13H2,1-2H3. The normalized spacial score (nSPS) is 11.2. The van der Waals surface area contributed by atoms with Crippen molar-refractivity contribution in [3.05, 3.63) is 48.5 Å². The number of hydrogen-bond acceptors (Lipinski definition) is 2. The van der Waals surface area contributed by atoms with Gasteiger partial charge in [0.1, 0.15) is 0 Å². The third-order valence-corrected chi connectivity index (χ3v) is 4.37. The Morgan fingerprint density at radius 3 is 2.65 bits per heavy atom. The van der Waals surface area contributed by atoms with Gasteiger partial charge in [0.05, 0.1) is 6.33 Å². The van der Waals surface area contributed by atoms with E-state index in [-0.39, 0.29) is 0 Å². The van der Waals surface area contributed by atoms with Crippen molar-refractivity contribution < 1.29 is 0 Å². The van der Waals surface area contributed by atoms with E-state index in [9.17, 15) is 0 Å². The molecule has 3 heteroatoms. The van der Waals surface area contributed by atoms with Crippen molar-refractivity contribution in [2.45, 2.75) is 44.6 Å². The third kappa shape index (κ3) is 5.41. The molecule has 2 aromatic rings. The quantitative estimate of drug-likeness (QED) is 0.658. The predicted octanol–water partition coefficient (Wildman–Crippen LogP) is 4.65. The molecule has 108 valence electrons. The summed E-state index contributed by atoms with van der Waals surface area (Å²) in [6.45, 7) is 5.61. The van der Waals surface area contributed by atoms with Crippen molar-refractivity contribution in [1.29, 1.82) is 0 Å². The Kier molecular flexibility index (Phi) is 6.19. The third-order valence-electron chi connectivity index (χ3n) is 3.33. The summed E-state index contributed by atoms with van der Waals surface area (Å²) in [4.78, 5) is 5.45. The Morgan fingerprint density at radius 1 is 1.20 bits per heavy atom. The van der Waals surface area contributed by atoms with Crippen molar-refractivity contribution in [3.63, 3.8) is 0 Å². The number of imidazole rings is 1. The summed E-state index contributed by atoms with van der Waals surface area (Å²) in [7, 11) is 0. The van der Waals surface area contributed by atoms with Gasteiger partial charge < -0.3 is 4.57 Å². The van der Waals surface area contributed by atoms with Crippen LogP contribution in [-0.4, -0.2) is 15.3 Å². The fraction of sp³-hybridized carbons (Fsp3) is 0.471. The van der Waals surface area contributed by atoms with E-state index < -0.39 is 0 Å². The lowest BCUT2D eigenvalue weighted by molar-refractivity contribution is 0.632. The van der Waals surface area contributed by atoms with Crippen LogP contribution < -0.4 is 0 Å². The summed E-state index contributed by atoms with van der Waals surface area (Å²) >= 11 is 1.97. The molecule has 0 aliphatic heterocycles. The zero-order chi connectivity index (χ0) is 14.2. The van der Waals surface area contributed by atoms with Crippen LogP contribution in [0.15, 0.2) is 47.9 Å². The lowest BCUT2D eigenvalue weighted by Crippen LogP contribution is -1.96. The number of benzene rings is 1. The lowest BCUT2D eigenvalue weighted by Gasteiger charge is -2.06. The molecule has 0 aliphatic rings. The zero-order valence-electron chi connectivity index (χ0n) is 12.5. The van der Waals surface area contributed by atoms with Gasteiger partial charge in [0.15, 0.2) is 0 Å². The van der Waals surface area contributed by atoms with E-state index in [1.54, 1.807) is 0 Å². The van der Waals surface area contributed by atoms with Gasteiger partial charge in [-0.2, -0.15) is 0 Å². The highest BCUT2D eigenvalue weighted by molar-refractivity contribution is 7.99. The number of aromatic nitrogens is 2. The number of aryl methyl sites for hydroxylation is 2. The van der Waals surface area contributed by atoms with E-state index in [0.29, 0.717) is 0 Å². The maximum Gasteiger partial charge on any atom is 0.0945 e. The van der Waals surface area contributed by atoms with Crippen LogP contribution in [-0.2, 0) is 13.0 Å². The van der Waals surface area contributed by atoms with Crippen molar-refractivity contribution >= 4 is 11.8 Å². The van der Waals surface area contributed by atoms with E-state index in [0.717, 1.165) is 25.3 Å². The second-order valence-corrected chi connectivity index (χ2v) is 6.75. The van der Waals surface area contributed by atoms with Gasteiger partial charge in [-0.3, -0.25) is 0 Å². The Labute approximate surface area is 126 Å².